The zero-order valence-corrected chi connectivity index (χ0v) is 11.9. The van der Waals surface area contributed by atoms with E-state index in [2.05, 4.69) is 45.8 Å². The molecule has 3 rings (SSSR count). The SMILES string of the molecule is CNC(CC1CCCc2ccccc21)c1ccnnc1. The molecule has 1 N–H and O–H groups in total. The quantitative estimate of drug-likeness (QED) is 0.924. The first-order valence-corrected chi connectivity index (χ1v) is 7.40. The standard InChI is InChI=1S/C17H21N3/c1-18-17(15-9-10-19-20-12-15)11-14-7-4-6-13-5-2-3-8-16(13)14/h2-3,5,8-10,12,14,17-18H,4,6-7,11H2,1H3. The summed E-state index contributed by atoms with van der Waals surface area (Å²) in [6.45, 7) is 0. The maximum Gasteiger partial charge on any atom is 0.0544 e. The maximum atomic E-state index is 4.00. The van der Waals surface area contributed by atoms with Gasteiger partial charge in [-0.3, -0.25) is 0 Å². The van der Waals surface area contributed by atoms with Crippen LogP contribution in [-0.2, 0) is 6.42 Å². The Morgan fingerprint density at radius 2 is 2.15 bits per heavy atom. The molecule has 3 heteroatoms. The highest BCUT2D eigenvalue weighted by molar-refractivity contribution is 5.33. The lowest BCUT2D eigenvalue weighted by Gasteiger charge is -2.29. The molecule has 0 saturated carbocycles. The Bertz CT molecular complexity index is 553. The highest BCUT2D eigenvalue weighted by Gasteiger charge is 2.23. The van der Waals surface area contributed by atoms with Gasteiger partial charge in [-0.05, 0) is 61.4 Å². The second-order valence-electron chi connectivity index (χ2n) is 5.54. The first kappa shape index (κ1) is 13.3. The van der Waals surface area contributed by atoms with Gasteiger partial charge in [0, 0.05) is 12.2 Å². The molecule has 0 radical (unpaired) electrons. The average molecular weight is 267 g/mol. The van der Waals surface area contributed by atoms with E-state index in [9.17, 15) is 0 Å². The van der Waals surface area contributed by atoms with Gasteiger partial charge in [-0.15, -0.1) is 0 Å². The van der Waals surface area contributed by atoms with Gasteiger partial charge in [-0.1, -0.05) is 24.3 Å². The van der Waals surface area contributed by atoms with Gasteiger partial charge in [-0.25, -0.2) is 0 Å². The number of hydrogen-bond acceptors (Lipinski definition) is 3. The summed E-state index contributed by atoms with van der Waals surface area (Å²) in [6, 6.07) is 11.3. The number of nitrogens with zero attached hydrogens (tertiary/aromatic N) is 2. The van der Waals surface area contributed by atoms with Crippen LogP contribution < -0.4 is 5.32 Å². The second-order valence-corrected chi connectivity index (χ2v) is 5.54. The summed E-state index contributed by atoms with van der Waals surface area (Å²) in [5, 5.41) is 11.3. The van der Waals surface area contributed by atoms with Gasteiger partial charge < -0.3 is 5.32 Å². The molecule has 0 fully saturated rings. The highest BCUT2D eigenvalue weighted by Crippen LogP contribution is 2.37. The largest absolute Gasteiger partial charge is 0.313 e. The molecule has 1 aliphatic rings. The van der Waals surface area contributed by atoms with Crippen LogP contribution in [0.1, 0.15) is 47.9 Å². The average Bonchev–Trinajstić information content (AvgIpc) is 2.53. The maximum absolute atomic E-state index is 4.00. The van der Waals surface area contributed by atoms with Crippen LogP contribution >= 0.6 is 0 Å². The summed E-state index contributed by atoms with van der Waals surface area (Å²) in [5.74, 6) is 0.644. The lowest BCUT2D eigenvalue weighted by Crippen LogP contribution is -2.21. The molecule has 0 bridgehead atoms. The van der Waals surface area contributed by atoms with Crippen LogP contribution in [0.5, 0.6) is 0 Å². The number of fused-ring (bicyclic) bond motifs is 1. The summed E-state index contributed by atoms with van der Waals surface area (Å²) in [7, 11) is 2.03. The van der Waals surface area contributed by atoms with Crippen molar-refractivity contribution >= 4 is 0 Å². The molecule has 0 saturated heterocycles. The number of nitrogens with one attached hydrogen (secondary N) is 1. The topological polar surface area (TPSA) is 37.8 Å². The summed E-state index contributed by atoms with van der Waals surface area (Å²) < 4.78 is 0. The van der Waals surface area contributed by atoms with E-state index in [1.165, 1.54) is 30.4 Å². The Balaban J connectivity index is 1.81. The predicted molar refractivity (Wildman–Crippen MR) is 80.6 cm³/mol. The zero-order chi connectivity index (χ0) is 13.8. The van der Waals surface area contributed by atoms with Crippen molar-refractivity contribution in [1.82, 2.24) is 15.5 Å². The third kappa shape index (κ3) is 2.73. The molecule has 0 spiro atoms. The van der Waals surface area contributed by atoms with Gasteiger partial charge in [0.2, 0.25) is 0 Å². The van der Waals surface area contributed by atoms with Crippen molar-refractivity contribution in [2.45, 2.75) is 37.6 Å². The fourth-order valence-corrected chi connectivity index (χ4v) is 3.31. The van der Waals surface area contributed by atoms with E-state index in [1.54, 1.807) is 11.8 Å². The van der Waals surface area contributed by atoms with Crippen molar-refractivity contribution in [3.63, 3.8) is 0 Å². The van der Waals surface area contributed by atoms with E-state index in [1.807, 2.05) is 13.2 Å². The van der Waals surface area contributed by atoms with Crippen molar-refractivity contribution in [3.8, 4) is 0 Å². The minimum atomic E-state index is 0.349. The number of hydrogen-bond donors (Lipinski definition) is 1. The molecule has 2 aromatic rings. The summed E-state index contributed by atoms with van der Waals surface area (Å²) in [4.78, 5) is 0. The number of aromatic nitrogens is 2. The van der Waals surface area contributed by atoms with Crippen LogP contribution in [0.2, 0.25) is 0 Å². The molecule has 2 unspecified atom stereocenters. The van der Waals surface area contributed by atoms with E-state index in [4.69, 9.17) is 0 Å². The van der Waals surface area contributed by atoms with Gasteiger partial charge in [-0.2, -0.15) is 10.2 Å². The first-order valence-electron chi connectivity index (χ1n) is 7.40. The fourth-order valence-electron chi connectivity index (χ4n) is 3.31. The third-order valence-electron chi connectivity index (χ3n) is 4.37. The van der Waals surface area contributed by atoms with Crippen LogP contribution in [0.4, 0.5) is 0 Å². The normalized spacial score (nSPS) is 19.4. The van der Waals surface area contributed by atoms with E-state index in [0.717, 1.165) is 6.42 Å². The number of rotatable bonds is 4. The van der Waals surface area contributed by atoms with Crippen molar-refractivity contribution < 1.29 is 0 Å². The van der Waals surface area contributed by atoms with E-state index >= 15 is 0 Å². The molecule has 3 nitrogen and oxygen atoms in total. The fraction of sp³-hybridized carbons (Fsp3) is 0.412. The monoisotopic (exact) mass is 267 g/mol. The van der Waals surface area contributed by atoms with Crippen LogP contribution in [0.15, 0.2) is 42.7 Å². The van der Waals surface area contributed by atoms with E-state index in [-0.39, 0.29) is 0 Å². The smallest absolute Gasteiger partial charge is 0.0544 e. The summed E-state index contributed by atoms with van der Waals surface area (Å²) in [5.41, 5.74) is 4.30. The van der Waals surface area contributed by atoms with Crippen molar-refractivity contribution in [1.29, 1.82) is 0 Å². The molecular weight excluding hydrogens is 246 g/mol. The second kappa shape index (κ2) is 6.14. The van der Waals surface area contributed by atoms with E-state index in [0.29, 0.717) is 12.0 Å². The van der Waals surface area contributed by atoms with Gasteiger partial charge in [0.15, 0.2) is 0 Å². The molecule has 1 aromatic carbocycles. The first-order chi connectivity index (χ1) is 9.88. The van der Waals surface area contributed by atoms with Crippen molar-refractivity contribution in [3.05, 3.63) is 59.4 Å². The Hall–Kier alpha value is -1.74. The minimum absolute atomic E-state index is 0.349. The van der Waals surface area contributed by atoms with E-state index < -0.39 is 0 Å². The Labute approximate surface area is 120 Å². The highest BCUT2D eigenvalue weighted by atomic mass is 15.1. The Kier molecular flexibility index (Phi) is 4.07. The molecule has 1 aromatic heterocycles. The summed E-state index contributed by atoms with van der Waals surface area (Å²) >= 11 is 0. The molecule has 2 atom stereocenters. The molecule has 104 valence electrons. The molecule has 1 heterocycles. The Morgan fingerprint density at radius 1 is 1.25 bits per heavy atom. The van der Waals surface area contributed by atoms with Crippen molar-refractivity contribution in [2.75, 3.05) is 7.05 Å². The number of benzene rings is 1. The number of aryl methyl sites for hydroxylation is 1. The molecule has 1 aliphatic carbocycles. The van der Waals surface area contributed by atoms with Crippen LogP contribution in [0.3, 0.4) is 0 Å². The van der Waals surface area contributed by atoms with Gasteiger partial charge >= 0.3 is 0 Å². The molecule has 20 heavy (non-hydrogen) atoms. The van der Waals surface area contributed by atoms with Crippen LogP contribution in [0, 0.1) is 0 Å². The predicted octanol–water partition coefficient (Wildman–Crippen LogP) is 3.25. The lowest BCUT2D eigenvalue weighted by atomic mass is 9.79. The van der Waals surface area contributed by atoms with Crippen LogP contribution in [-0.4, -0.2) is 17.2 Å². The van der Waals surface area contributed by atoms with Crippen molar-refractivity contribution in [2.24, 2.45) is 0 Å². The molecule has 0 aliphatic heterocycles. The van der Waals surface area contributed by atoms with Crippen LogP contribution in [0.25, 0.3) is 0 Å². The third-order valence-corrected chi connectivity index (χ3v) is 4.37. The van der Waals surface area contributed by atoms with Gasteiger partial charge in [0.1, 0.15) is 0 Å². The minimum Gasteiger partial charge on any atom is -0.313 e. The summed E-state index contributed by atoms with van der Waals surface area (Å²) in [6.07, 6.45) is 8.58. The lowest BCUT2D eigenvalue weighted by molar-refractivity contribution is 0.438. The zero-order valence-electron chi connectivity index (χ0n) is 11.9. The molecular formula is C17H21N3. The van der Waals surface area contributed by atoms with Gasteiger partial charge in [0.05, 0.1) is 6.20 Å². The van der Waals surface area contributed by atoms with Gasteiger partial charge in [0.25, 0.3) is 0 Å². The molecule has 0 amide bonds. The Morgan fingerprint density at radius 3 is 2.95 bits per heavy atom.